The number of likely N-dealkylation sites (tertiary alicyclic amines) is 1. The number of hydrogen-bond acceptors (Lipinski definition) is 3. The lowest BCUT2D eigenvalue weighted by Gasteiger charge is -2.38. The summed E-state index contributed by atoms with van der Waals surface area (Å²) in [7, 11) is 0. The number of para-hydroxylation sites is 1. The second kappa shape index (κ2) is 9.62. The van der Waals surface area contributed by atoms with Crippen LogP contribution in [-0.4, -0.2) is 59.7 Å². The van der Waals surface area contributed by atoms with Crippen molar-refractivity contribution in [2.75, 3.05) is 39.4 Å². The first-order valence-electron chi connectivity index (χ1n) is 11.7. The van der Waals surface area contributed by atoms with Crippen LogP contribution in [0.4, 0.5) is 0 Å². The highest BCUT2D eigenvalue weighted by molar-refractivity contribution is 6.30. The molecule has 1 amide bonds. The summed E-state index contributed by atoms with van der Waals surface area (Å²) in [6.45, 7) is 9.92. The van der Waals surface area contributed by atoms with Crippen LogP contribution < -0.4 is 0 Å². The summed E-state index contributed by atoms with van der Waals surface area (Å²) in [6, 6.07) is 18.1. The summed E-state index contributed by atoms with van der Waals surface area (Å²) in [6.07, 6.45) is 1.92. The zero-order valence-corrected chi connectivity index (χ0v) is 19.6. The Balaban J connectivity index is 1.33. The lowest BCUT2D eigenvalue weighted by molar-refractivity contribution is 0.0438. The average Bonchev–Trinajstić information content (AvgIpc) is 3.23. The van der Waals surface area contributed by atoms with Gasteiger partial charge < -0.3 is 19.1 Å². The van der Waals surface area contributed by atoms with Crippen molar-refractivity contribution in [1.29, 1.82) is 0 Å². The van der Waals surface area contributed by atoms with Crippen LogP contribution in [0.5, 0.6) is 0 Å². The number of nitrogens with zero attached hydrogens (tertiary/aromatic N) is 3. The maximum absolute atomic E-state index is 13.6. The molecule has 3 aromatic rings. The maximum atomic E-state index is 13.6. The number of piperidine rings is 1. The van der Waals surface area contributed by atoms with Crippen LogP contribution in [-0.2, 0) is 11.3 Å². The molecular formula is C27H30ClN3O2. The van der Waals surface area contributed by atoms with E-state index in [4.69, 9.17) is 16.3 Å². The Labute approximate surface area is 200 Å². The number of hydrogen-bond donors (Lipinski definition) is 0. The van der Waals surface area contributed by atoms with Gasteiger partial charge in [-0.3, -0.25) is 4.79 Å². The fourth-order valence-corrected chi connectivity index (χ4v) is 5.14. The Kier molecular flexibility index (Phi) is 6.43. The third-order valence-electron chi connectivity index (χ3n) is 6.95. The van der Waals surface area contributed by atoms with Gasteiger partial charge in [0.2, 0.25) is 0 Å². The van der Waals surface area contributed by atoms with Gasteiger partial charge in [0.05, 0.1) is 13.2 Å². The first-order valence-corrected chi connectivity index (χ1v) is 12.1. The van der Waals surface area contributed by atoms with Gasteiger partial charge in [-0.2, -0.15) is 0 Å². The minimum atomic E-state index is 0.107. The van der Waals surface area contributed by atoms with Crippen LogP contribution in [0.15, 0.2) is 66.9 Å². The molecule has 2 aliphatic rings. The molecule has 33 heavy (non-hydrogen) atoms. The predicted octanol–water partition coefficient (Wildman–Crippen LogP) is 5.04. The first-order chi connectivity index (χ1) is 16.1. The van der Waals surface area contributed by atoms with E-state index < -0.39 is 0 Å². The SMILES string of the molecule is C=C(C1CCN(C(=O)c2cc3ccccc3n2Cc2ccc(Cl)cc2)CC1)N1CCOCC1. The molecule has 0 unspecified atom stereocenters. The molecule has 0 aliphatic carbocycles. The first kappa shape index (κ1) is 22.1. The molecule has 2 aliphatic heterocycles. The van der Waals surface area contributed by atoms with E-state index in [1.165, 1.54) is 5.70 Å². The smallest absolute Gasteiger partial charge is 0.270 e. The molecule has 0 bridgehead atoms. The van der Waals surface area contributed by atoms with Crippen LogP contribution in [0.1, 0.15) is 28.9 Å². The lowest BCUT2D eigenvalue weighted by Crippen LogP contribution is -2.43. The Morgan fingerprint density at radius 3 is 2.39 bits per heavy atom. The number of allylic oxidation sites excluding steroid dienone is 1. The van der Waals surface area contributed by atoms with E-state index in [-0.39, 0.29) is 5.91 Å². The Bertz CT molecular complexity index is 1140. The number of carbonyl (C=O) groups is 1. The summed E-state index contributed by atoms with van der Waals surface area (Å²) in [4.78, 5) is 18.0. The van der Waals surface area contributed by atoms with Gasteiger partial charge in [0.1, 0.15) is 5.69 Å². The molecule has 0 spiro atoms. The summed E-state index contributed by atoms with van der Waals surface area (Å²) < 4.78 is 7.61. The second-order valence-electron chi connectivity index (χ2n) is 8.96. The number of fused-ring (bicyclic) bond motifs is 1. The highest BCUT2D eigenvalue weighted by Crippen LogP contribution is 2.29. The van der Waals surface area contributed by atoms with Gasteiger partial charge in [0, 0.05) is 60.3 Å². The van der Waals surface area contributed by atoms with Gasteiger partial charge >= 0.3 is 0 Å². The van der Waals surface area contributed by atoms with E-state index in [0.29, 0.717) is 17.5 Å². The van der Waals surface area contributed by atoms with Crippen LogP contribution in [0.3, 0.4) is 0 Å². The molecule has 2 fully saturated rings. The average molecular weight is 464 g/mol. The zero-order chi connectivity index (χ0) is 22.8. The Morgan fingerprint density at radius 1 is 0.970 bits per heavy atom. The summed E-state index contributed by atoms with van der Waals surface area (Å²) >= 11 is 6.07. The maximum Gasteiger partial charge on any atom is 0.270 e. The molecule has 5 nitrogen and oxygen atoms in total. The van der Waals surface area contributed by atoms with Crippen molar-refractivity contribution in [2.24, 2.45) is 5.92 Å². The Morgan fingerprint density at radius 2 is 1.67 bits per heavy atom. The molecule has 5 rings (SSSR count). The molecule has 2 aromatic carbocycles. The van der Waals surface area contributed by atoms with Gasteiger partial charge in [-0.25, -0.2) is 0 Å². The van der Waals surface area contributed by atoms with Gasteiger partial charge in [-0.1, -0.05) is 48.5 Å². The fraction of sp³-hybridized carbons (Fsp3) is 0.370. The van der Waals surface area contributed by atoms with Crippen LogP contribution >= 0.6 is 11.6 Å². The number of ether oxygens (including phenoxy) is 1. The van der Waals surface area contributed by atoms with Crippen LogP contribution in [0.2, 0.25) is 5.02 Å². The predicted molar refractivity (Wildman–Crippen MR) is 133 cm³/mol. The number of carbonyl (C=O) groups excluding carboxylic acids is 1. The summed E-state index contributed by atoms with van der Waals surface area (Å²) in [5.74, 6) is 0.544. The molecule has 2 saturated heterocycles. The molecule has 1 aromatic heterocycles. The van der Waals surface area contributed by atoms with E-state index >= 15 is 0 Å². The number of aromatic nitrogens is 1. The van der Waals surface area contributed by atoms with Crippen molar-refractivity contribution in [1.82, 2.24) is 14.4 Å². The molecule has 0 atom stereocenters. The van der Waals surface area contributed by atoms with Gasteiger partial charge in [-0.15, -0.1) is 0 Å². The highest BCUT2D eigenvalue weighted by atomic mass is 35.5. The second-order valence-corrected chi connectivity index (χ2v) is 9.39. The number of halogens is 1. The molecule has 3 heterocycles. The van der Waals surface area contributed by atoms with Gasteiger partial charge in [0.15, 0.2) is 0 Å². The molecule has 6 heteroatoms. The van der Waals surface area contributed by atoms with Crippen molar-refractivity contribution in [3.8, 4) is 0 Å². The molecule has 172 valence electrons. The number of amides is 1. The fourth-order valence-electron chi connectivity index (χ4n) is 5.02. The Hall–Kier alpha value is -2.76. The van der Waals surface area contributed by atoms with Gasteiger partial charge in [-0.05, 0) is 42.7 Å². The monoisotopic (exact) mass is 463 g/mol. The van der Waals surface area contributed by atoms with Crippen molar-refractivity contribution >= 4 is 28.4 Å². The lowest BCUT2D eigenvalue weighted by atomic mass is 9.93. The minimum Gasteiger partial charge on any atom is -0.378 e. The van der Waals surface area contributed by atoms with Crippen molar-refractivity contribution in [3.05, 3.63) is 83.2 Å². The quantitative estimate of drug-likeness (QED) is 0.532. The van der Waals surface area contributed by atoms with Crippen molar-refractivity contribution < 1.29 is 9.53 Å². The van der Waals surface area contributed by atoms with Gasteiger partial charge in [0.25, 0.3) is 5.91 Å². The third-order valence-corrected chi connectivity index (χ3v) is 7.21. The number of benzene rings is 2. The van der Waals surface area contributed by atoms with Crippen molar-refractivity contribution in [2.45, 2.75) is 19.4 Å². The van der Waals surface area contributed by atoms with Crippen molar-refractivity contribution in [3.63, 3.8) is 0 Å². The standard InChI is InChI=1S/C27H30ClN3O2/c1-20(29-14-16-33-17-15-29)22-10-12-30(13-11-22)27(32)26-18-23-4-2-3-5-25(23)31(26)19-21-6-8-24(28)9-7-21/h2-9,18,22H,1,10-17,19H2. The summed E-state index contributed by atoms with van der Waals surface area (Å²) in [5.41, 5.74) is 4.15. The van der Waals surface area contributed by atoms with Crippen LogP contribution in [0.25, 0.3) is 10.9 Å². The molecule has 0 N–H and O–H groups in total. The minimum absolute atomic E-state index is 0.107. The van der Waals surface area contributed by atoms with E-state index in [1.54, 1.807) is 0 Å². The summed E-state index contributed by atoms with van der Waals surface area (Å²) in [5, 5.41) is 1.80. The number of rotatable bonds is 5. The van der Waals surface area contributed by atoms with Crippen LogP contribution in [0, 0.1) is 5.92 Å². The largest absolute Gasteiger partial charge is 0.378 e. The van der Waals surface area contributed by atoms with E-state index in [0.717, 1.165) is 74.4 Å². The van der Waals surface area contributed by atoms with E-state index in [2.05, 4.69) is 28.2 Å². The molecule has 0 radical (unpaired) electrons. The topological polar surface area (TPSA) is 37.7 Å². The normalized spacial score (nSPS) is 17.5. The molecule has 0 saturated carbocycles. The highest BCUT2D eigenvalue weighted by Gasteiger charge is 2.29. The van der Waals surface area contributed by atoms with E-state index in [1.807, 2.05) is 47.4 Å². The zero-order valence-electron chi connectivity index (χ0n) is 18.9. The van der Waals surface area contributed by atoms with E-state index in [9.17, 15) is 4.79 Å². The third kappa shape index (κ3) is 4.66. The number of morpholine rings is 1. The molecular weight excluding hydrogens is 434 g/mol.